The Labute approximate surface area is 107 Å². The van der Waals surface area contributed by atoms with Crippen molar-refractivity contribution in [3.05, 3.63) is 29.3 Å². The molecule has 0 radical (unpaired) electrons. The monoisotopic (exact) mass is 247 g/mol. The molecule has 0 saturated heterocycles. The molecule has 0 aromatic heterocycles. The smallest absolute Gasteiger partial charge is 0.302 e. The second-order valence-electron chi connectivity index (χ2n) is 4.18. The predicted molar refractivity (Wildman–Crippen MR) is 67.4 cm³/mol. The van der Waals surface area contributed by atoms with E-state index in [1.54, 1.807) is 6.07 Å². The van der Waals surface area contributed by atoms with Gasteiger partial charge in [-0.1, -0.05) is 26.0 Å². The molecule has 0 heterocycles. The average Bonchev–Trinajstić information content (AvgIpc) is 2.33. The van der Waals surface area contributed by atoms with Gasteiger partial charge < -0.3 is 9.47 Å². The molecular formula is C14H17NO3. The van der Waals surface area contributed by atoms with Crippen LogP contribution in [0.4, 0.5) is 0 Å². The number of nitriles is 1. The van der Waals surface area contributed by atoms with Gasteiger partial charge in [0, 0.05) is 6.92 Å². The molecule has 0 fully saturated rings. The first-order chi connectivity index (χ1) is 8.56. The molecule has 1 rings (SSSR count). The maximum atomic E-state index is 10.6. The quantitative estimate of drug-likeness (QED) is 0.592. The molecule has 18 heavy (non-hydrogen) atoms. The maximum Gasteiger partial charge on any atom is 0.302 e. The topological polar surface area (TPSA) is 59.3 Å². The Bertz CT molecular complexity index is 461. The van der Waals surface area contributed by atoms with E-state index >= 15 is 0 Å². The fourth-order valence-corrected chi connectivity index (χ4v) is 1.59. The van der Waals surface area contributed by atoms with Crippen LogP contribution in [0.25, 0.3) is 0 Å². The summed E-state index contributed by atoms with van der Waals surface area (Å²) in [7, 11) is 0. The van der Waals surface area contributed by atoms with E-state index in [2.05, 4.69) is 6.07 Å². The number of para-hydroxylation sites is 1. The van der Waals surface area contributed by atoms with E-state index < -0.39 is 0 Å². The fraction of sp³-hybridized carbons (Fsp3) is 0.429. The van der Waals surface area contributed by atoms with Crippen molar-refractivity contribution < 1.29 is 14.3 Å². The molecule has 0 aliphatic rings. The van der Waals surface area contributed by atoms with Crippen molar-refractivity contribution in [2.45, 2.75) is 26.7 Å². The van der Waals surface area contributed by atoms with Gasteiger partial charge in [-0.05, 0) is 17.5 Å². The molecule has 0 bridgehead atoms. The van der Waals surface area contributed by atoms with Crippen molar-refractivity contribution in [1.82, 2.24) is 0 Å². The molecule has 0 saturated carbocycles. The maximum absolute atomic E-state index is 10.6. The first-order valence-corrected chi connectivity index (χ1v) is 5.85. The standard InChI is InChI=1S/C14H17NO3/c1-10(2)13-6-4-5-12(9-15)14(13)18-8-7-17-11(3)16/h4-6,10H,7-8H2,1-3H3. The molecule has 96 valence electrons. The summed E-state index contributed by atoms with van der Waals surface area (Å²) < 4.78 is 10.4. The van der Waals surface area contributed by atoms with Gasteiger partial charge in [-0.15, -0.1) is 0 Å². The van der Waals surface area contributed by atoms with Crippen molar-refractivity contribution >= 4 is 5.97 Å². The number of rotatable bonds is 5. The summed E-state index contributed by atoms with van der Waals surface area (Å²) >= 11 is 0. The lowest BCUT2D eigenvalue weighted by Crippen LogP contribution is -2.11. The number of nitrogens with zero attached hydrogens (tertiary/aromatic N) is 1. The molecule has 0 amide bonds. The highest BCUT2D eigenvalue weighted by Gasteiger charge is 2.12. The Balaban J connectivity index is 2.79. The molecule has 0 aliphatic carbocycles. The van der Waals surface area contributed by atoms with Crippen LogP contribution >= 0.6 is 0 Å². The number of hydrogen-bond acceptors (Lipinski definition) is 4. The normalized spacial score (nSPS) is 9.94. The van der Waals surface area contributed by atoms with E-state index in [1.165, 1.54) is 6.92 Å². The fourth-order valence-electron chi connectivity index (χ4n) is 1.59. The Kier molecular flexibility index (Phi) is 5.19. The highest BCUT2D eigenvalue weighted by atomic mass is 16.6. The van der Waals surface area contributed by atoms with Crippen molar-refractivity contribution in [2.24, 2.45) is 0 Å². The van der Waals surface area contributed by atoms with Crippen LogP contribution in [-0.4, -0.2) is 19.2 Å². The lowest BCUT2D eigenvalue weighted by atomic mass is 9.99. The summed E-state index contributed by atoms with van der Waals surface area (Å²) in [6, 6.07) is 7.60. The van der Waals surface area contributed by atoms with Gasteiger partial charge in [0.25, 0.3) is 0 Å². The number of hydrogen-bond donors (Lipinski definition) is 0. The van der Waals surface area contributed by atoms with Crippen LogP contribution in [0.15, 0.2) is 18.2 Å². The number of ether oxygens (including phenoxy) is 2. The van der Waals surface area contributed by atoms with E-state index in [9.17, 15) is 4.79 Å². The first kappa shape index (κ1) is 14.0. The van der Waals surface area contributed by atoms with Crippen LogP contribution in [0, 0.1) is 11.3 Å². The third kappa shape index (κ3) is 3.77. The second-order valence-corrected chi connectivity index (χ2v) is 4.18. The molecule has 0 spiro atoms. The predicted octanol–water partition coefficient (Wildman–Crippen LogP) is 2.62. The zero-order valence-corrected chi connectivity index (χ0v) is 10.9. The van der Waals surface area contributed by atoms with E-state index in [1.807, 2.05) is 26.0 Å². The number of carbonyl (C=O) groups excluding carboxylic acids is 1. The second kappa shape index (κ2) is 6.65. The minimum absolute atomic E-state index is 0.187. The van der Waals surface area contributed by atoms with Crippen LogP contribution in [0.1, 0.15) is 37.8 Å². The minimum atomic E-state index is -0.337. The lowest BCUT2D eigenvalue weighted by molar-refractivity contribution is -0.141. The summed E-state index contributed by atoms with van der Waals surface area (Å²) in [5.74, 6) is 0.514. The Morgan fingerprint density at radius 1 is 1.39 bits per heavy atom. The Morgan fingerprint density at radius 2 is 2.11 bits per heavy atom. The largest absolute Gasteiger partial charge is 0.488 e. The van der Waals surface area contributed by atoms with Gasteiger partial charge >= 0.3 is 5.97 Å². The molecule has 0 aliphatic heterocycles. The van der Waals surface area contributed by atoms with Gasteiger partial charge in [-0.2, -0.15) is 5.26 Å². The molecule has 0 atom stereocenters. The van der Waals surface area contributed by atoms with Gasteiger partial charge in [-0.3, -0.25) is 4.79 Å². The highest BCUT2D eigenvalue weighted by Crippen LogP contribution is 2.29. The zero-order chi connectivity index (χ0) is 13.5. The van der Waals surface area contributed by atoms with Gasteiger partial charge in [0.2, 0.25) is 0 Å². The van der Waals surface area contributed by atoms with Crippen molar-refractivity contribution in [3.63, 3.8) is 0 Å². The van der Waals surface area contributed by atoms with Crippen LogP contribution < -0.4 is 4.74 Å². The summed E-state index contributed by atoms with van der Waals surface area (Å²) in [6.45, 7) is 5.86. The van der Waals surface area contributed by atoms with Crippen molar-refractivity contribution in [3.8, 4) is 11.8 Å². The molecule has 1 aromatic rings. The van der Waals surface area contributed by atoms with E-state index in [0.717, 1.165) is 5.56 Å². The summed E-state index contributed by atoms with van der Waals surface area (Å²) in [6.07, 6.45) is 0. The van der Waals surface area contributed by atoms with Gasteiger partial charge in [0.15, 0.2) is 0 Å². The van der Waals surface area contributed by atoms with Gasteiger partial charge in [0.05, 0.1) is 5.56 Å². The van der Waals surface area contributed by atoms with Gasteiger partial charge in [-0.25, -0.2) is 0 Å². The van der Waals surface area contributed by atoms with Crippen LogP contribution in [0.5, 0.6) is 5.75 Å². The minimum Gasteiger partial charge on any atom is -0.488 e. The first-order valence-electron chi connectivity index (χ1n) is 5.85. The highest BCUT2D eigenvalue weighted by molar-refractivity contribution is 5.65. The van der Waals surface area contributed by atoms with E-state index in [-0.39, 0.29) is 25.1 Å². The molecule has 4 nitrogen and oxygen atoms in total. The lowest BCUT2D eigenvalue weighted by Gasteiger charge is -2.15. The molecule has 0 N–H and O–H groups in total. The van der Waals surface area contributed by atoms with Crippen LogP contribution in [0.3, 0.4) is 0 Å². The zero-order valence-electron chi connectivity index (χ0n) is 10.9. The number of carbonyl (C=O) groups is 1. The van der Waals surface area contributed by atoms with Crippen molar-refractivity contribution in [1.29, 1.82) is 5.26 Å². The molecular weight excluding hydrogens is 230 g/mol. The Hall–Kier alpha value is -2.02. The average molecular weight is 247 g/mol. The molecule has 4 heteroatoms. The Morgan fingerprint density at radius 3 is 2.67 bits per heavy atom. The molecule has 0 unspecified atom stereocenters. The molecule has 1 aromatic carbocycles. The number of esters is 1. The third-order valence-corrected chi connectivity index (χ3v) is 2.42. The summed E-state index contributed by atoms with van der Waals surface area (Å²) in [4.78, 5) is 10.6. The van der Waals surface area contributed by atoms with Crippen LogP contribution in [-0.2, 0) is 9.53 Å². The van der Waals surface area contributed by atoms with E-state index in [0.29, 0.717) is 11.3 Å². The summed E-state index contributed by atoms with van der Waals surface area (Å²) in [5.41, 5.74) is 1.49. The SMILES string of the molecule is CC(=O)OCCOc1c(C#N)cccc1C(C)C. The van der Waals surface area contributed by atoms with E-state index in [4.69, 9.17) is 14.7 Å². The summed E-state index contributed by atoms with van der Waals surface area (Å²) in [5, 5.41) is 9.05. The third-order valence-electron chi connectivity index (χ3n) is 2.42. The van der Waals surface area contributed by atoms with Crippen molar-refractivity contribution in [2.75, 3.05) is 13.2 Å². The van der Waals surface area contributed by atoms with Gasteiger partial charge in [0.1, 0.15) is 25.0 Å². The van der Waals surface area contributed by atoms with Crippen LogP contribution in [0.2, 0.25) is 0 Å². The number of benzene rings is 1.